The van der Waals surface area contributed by atoms with Crippen molar-refractivity contribution in [2.45, 2.75) is 30.1 Å². The number of fused-ring (bicyclic) bond motifs is 2. The lowest BCUT2D eigenvalue weighted by Crippen LogP contribution is -2.20. The SMILES string of the molecule is Cc1ccc(C#C[C@@H]2[C@H]3CC[C@H](C3)[C@@H]2I)cc1. The van der Waals surface area contributed by atoms with E-state index < -0.39 is 0 Å². The number of rotatable bonds is 0. The van der Waals surface area contributed by atoms with Crippen molar-refractivity contribution in [2.75, 3.05) is 0 Å². The molecule has 4 atom stereocenters. The largest absolute Gasteiger partial charge is 0.0931 e. The molecule has 2 fully saturated rings. The van der Waals surface area contributed by atoms with E-state index >= 15 is 0 Å². The molecule has 0 saturated heterocycles. The maximum absolute atomic E-state index is 3.54. The van der Waals surface area contributed by atoms with Crippen LogP contribution in [0.25, 0.3) is 0 Å². The van der Waals surface area contributed by atoms with Gasteiger partial charge in [-0.15, -0.1) is 0 Å². The standard InChI is InChI=1S/C16H17I/c1-11-2-4-12(5-3-11)6-9-15-13-7-8-14(10-13)16(15)17/h2-5,13-16H,7-8,10H2,1H3/t13-,14+,15+,16-/m0/s1. The van der Waals surface area contributed by atoms with Gasteiger partial charge in [0.15, 0.2) is 0 Å². The molecular formula is C16H17I. The molecule has 0 amide bonds. The Morgan fingerprint density at radius 3 is 2.47 bits per heavy atom. The first-order valence-electron chi connectivity index (χ1n) is 6.46. The van der Waals surface area contributed by atoms with Gasteiger partial charge in [0.25, 0.3) is 0 Å². The molecule has 0 aromatic heterocycles. The molecule has 3 rings (SSSR count). The van der Waals surface area contributed by atoms with Gasteiger partial charge in [0.1, 0.15) is 0 Å². The highest BCUT2D eigenvalue weighted by Crippen LogP contribution is 2.51. The van der Waals surface area contributed by atoms with E-state index in [0.717, 1.165) is 15.8 Å². The zero-order chi connectivity index (χ0) is 11.8. The van der Waals surface area contributed by atoms with Crippen LogP contribution in [-0.4, -0.2) is 3.92 Å². The summed E-state index contributed by atoms with van der Waals surface area (Å²) in [7, 11) is 0. The summed E-state index contributed by atoms with van der Waals surface area (Å²) in [6.07, 6.45) is 4.29. The summed E-state index contributed by atoms with van der Waals surface area (Å²) in [5.41, 5.74) is 2.48. The minimum atomic E-state index is 0.649. The Balaban J connectivity index is 1.77. The van der Waals surface area contributed by atoms with Crippen LogP contribution in [0.3, 0.4) is 0 Å². The average molecular weight is 336 g/mol. The van der Waals surface area contributed by atoms with E-state index in [1.54, 1.807) is 0 Å². The molecule has 0 spiro atoms. The lowest BCUT2D eigenvalue weighted by molar-refractivity contribution is 0.427. The third kappa shape index (κ3) is 2.25. The lowest BCUT2D eigenvalue weighted by Gasteiger charge is -2.22. The topological polar surface area (TPSA) is 0 Å². The van der Waals surface area contributed by atoms with Crippen molar-refractivity contribution in [1.29, 1.82) is 0 Å². The maximum atomic E-state index is 3.54. The number of alkyl halides is 1. The minimum absolute atomic E-state index is 0.649. The van der Waals surface area contributed by atoms with Crippen LogP contribution in [0, 0.1) is 36.5 Å². The number of hydrogen-bond donors (Lipinski definition) is 0. The normalized spacial score (nSPS) is 34.5. The summed E-state index contributed by atoms with van der Waals surface area (Å²) in [5, 5.41) is 0. The van der Waals surface area contributed by atoms with Crippen molar-refractivity contribution in [3.63, 3.8) is 0 Å². The van der Waals surface area contributed by atoms with E-state index in [1.807, 2.05) is 0 Å². The molecule has 17 heavy (non-hydrogen) atoms. The van der Waals surface area contributed by atoms with E-state index in [0.29, 0.717) is 5.92 Å². The van der Waals surface area contributed by atoms with Crippen molar-refractivity contribution >= 4 is 22.6 Å². The summed E-state index contributed by atoms with van der Waals surface area (Å²) in [5.74, 6) is 9.41. The maximum Gasteiger partial charge on any atom is 0.0355 e. The number of benzene rings is 1. The Hall–Kier alpha value is -0.490. The zero-order valence-electron chi connectivity index (χ0n) is 10.1. The summed E-state index contributed by atoms with van der Waals surface area (Å²) in [6, 6.07) is 8.56. The van der Waals surface area contributed by atoms with Crippen molar-refractivity contribution in [1.82, 2.24) is 0 Å². The van der Waals surface area contributed by atoms with Gasteiger partial charge in [0.2, 0.25) is 0 Å². The van der Waals surface area contributed by atoms with E-state index in [1.165, 1.54) is 30.4 Å². The molecule has 2 saturated carbocycles. The van der Waals surface area contributed by atoms with Gasteiger partial charge < -0.3 is 0 Å². The Bertz CT molecular complexity index is 461. The molecule has 2 bridgehead atoms. The summed E-state index contributed by atoms with van der Waals surface area (Å²) in [6.45, 7) is 2.12. The van der Waals surface area contributed by atoms with Crippen LogP contribution >= 0.6 is 22.6 Å². The van der Waals surface area contributed by atoms with Gasteiger partial charge in [-0.2, -0.15) is 0 Å². The molecule has 0 N–H and O–H groups in total. The lowest BCUT2D eigenvalue weighted by atomic mass is 9.89. The van der Waals surface area contributed by atoms with Crippen molar-refractivity contribution in [3.05, 3.63) is 35.4 Å². The van der Waals surface area contributed by atoms with Gasteiger partial charge in [0.05, 0.1) is 0 Å². The van der Waals surface area contributed by atoms with Crippen LogP contribution in [0.5, 0.6) is 0 Å². The average Bonchev–Trinajstić information content (AvgIpc) is 2.90. The third-order valence-corrected chi connectivity index (χ3v) is 6.04. The first kappa shape index (κ1) is 11.6. The molecule has 0 nitrogen and oxygen atoms in total. The third-order valence-electron chi connectivity index (χ3n) is 4.25. The first-order valence-corrected chi connectivity index (χ1v) is 7.71. The molecule has 0 unspecified atom stereocenters. The molecule has 1 heteroatoms. The second-order valence-electron chi connectivity index (χ2n) is 5.44. The van der Waals surface area contributed by atoms with Crippen LogP contribution < -0.4 is 0 Å². The fourth-order valence-corrected chi connectivity index (χ4v) is 4.64. The second-order valence-corrected chi connectivity index (χ2v) is 6.88. The van der Waals surface area contributed by atoms with E-state index in [2.05, 4.69) is 65.6 Å². The van der Waals surface area contributed by atoms with Crippen molar-refractivity contribution in [3.8, 4) is 11.8 Å². The molecule has 0 radical (unpaired) electrons. The minimum Gasteiger partial charge on any atom is -0.0931 e. The van der Waals surface area contributed by atoms with Gasteiger partial charge in [-0.3, -0.25) is 0 Å². The molecular weight excluding hydrogens is 319 g/mol. The predicted octanol–water partition coefficient (Wildman–Crippen LogP) is 4.20. The molecule has 1 aromatic rings. The van der Waals surface area contributed by atoms with E-state index in [4.69, 9.17) is 0 Å². The monoisotopic (exact) mass is 336 g/mol. The summed E-state index contributed by atoms with van der Waals surface area (Å²) < 4.78 is 0.796. The van der Waals surface area contributed by atoms with Crippen LogP contribution in [0.2, 0.25) is 0 Å². The van der Waals surface area contributed by atoms with Crippen LogP contribution in [-0.2, 0) is 0 Å². The second kappa shape index (κ2) is 4.65. The smallest absolute Gasteiger partial charge is 0.0355 e. The number of halogens is 1. The van der Waals surface area contributed by atoms with Gasteiger partial charge in [-0.25, -0.2) is 0 Å². The van der Waals surface area contributed by atoms with Gasteiger partial charge >= 0.3 is 0 Å². The van der Waals surface area contributed by atoms with E-state index in [-0.39, 0.29) is 0 Å². The van der Waals surface area contributed by atoms with Crippen molar-refractivity contribution in [2.24, 2.45) is 17.8 Å². The molecule has 0 heterocycles. The quantitative estimate of drug-likeness (QED) is 0.378. The van der Waals surface area contributed by atoms with Crippen LogP contribution in [0.4, 0.5) is 0 Å². The predicted molar refractivity (Wildman–Crippen MR) is 80.2 cm³/mol. The van der Waals surface area contributed by atoms with Gasteiger partial charge in [-0.05, 0) is 50.2 Å². The first-order chi connectivity index (χ1) is 8.24. The molecule has 2 aliphatic carbocycles. The highest BCUT2D eigenvalue weighted by molar-refractivity contribution is 14.1. The van der Waals surface area contributed by atoms with Gasteiger partial charge in [-0.1, -0.05) is 52.1 Å². The van der Waals surface area contributed by atoms with Crippen LogP contribution in [0.15, 0.2) is 24.3 Å². The highest BCUT2D eigenvalue weighted by atomic mass is 127. The molecule has 2 aliphatic rings. The molecule has 88 valence electrons. The molecule has 1 aromatic carbocycles. The molecule has 0 aliphatic heterocycles. The van der Waals surface area contributed by atoms with E-state index in [9.17, 15) is 0 Å². The van der Waals surface area contributed by atoms with Gasteiger partial charge in [0, 0.05) is 15.4 Å². The van der Waals surface area contributed by atoms with Crippen LogP contribution in [0.1, 0.15) is 30.4 Å². The highest BCUT2D eigenvalue weighted by Gasteiger charge is 2.45. The van der Waals surface area contributed by atoms with Crippen molar-refractivity contribution < 1.29 is 0 Å². The summed E-state index contributed by atoms with van der Waals surface area (Å²) in [4.78, 5) is 0. The Morgan fingerprint density at radius 1 is 1.12 bits per heavy atom. The fraction of sp³-hybridized carbons (Fsp3) is 0.500. The Labute approximate surface area is 117 Å². The fourth-order valence-electron chi connectivity index (χ4n) is 3.22. The number of hydrogen-bond acceptors (Lipinski definition) is 0. The summed E-state index contributed by atoms with van der Waals surface area (Å²) >= 11 is 2.63. The Kier molecular flexibility index (Phi) is 3.17. The number of aryl methyl sites for hydroxylation is 1. The Morgan fingerprint density at radius 2 is 1.82 bits per heavy atom. The zero-order valence-corrected chi connectivity index (χ0v) is 12.3.